The molecule has 0 spiro atoms. The van der Waals surface area contributed by atoms with Crippen molar-refractivity contribution in [2.75, 3.05) is 31.0 Å². The van der Waals surface area contributed by atoms with Crippen LogP contribution in [0, 0.1) is 17.7 Å². The van der Waals surface area contributed by atoms with Crippen LogP contribution in [0.5, 0.6) is 0 Å². The fourth-order valence-electron chi connectivity index (χ4n) is 3.19. The zero-order chi connectivity index (χ0) is 20.0. The van der Waals surface area contributed by atoms with Gasteiger partial charge in [0.15, 0.2) is 11.6 Å². The van der Waals surface area contributed by atoms with Gasteiger partial charge in [0.25, 0.3) is 0 Å². The number of hydrogen-bond acceptors (Lipinski definition) is 7. The number of hydrogen-bond donors (Lipinski definition) is 3. The molecule has 27 heavy (non-hydrogen) atoms. The monoisotopic (exact) mass is 402 g/mol. The van der Waals surface area contributed by atoms with E-state index >= 15 is 0 Å². The lowest BCUT2D eigenvalue weighted by Crippen LogP contribution is -2.41. The van der Waals surface area contributed by atoms with Gasteiger partial charge in [0.2, 0.25) is 23.4 Å². The molecule has 0 radical (unpaired) electrons. The molecule has 2 amide bonds. The Hall–Kier alpha value is -2.20. The lowest BCUT2D eigenvalue weighted by atomic mass is 9.92. The molecule has 0 aromatic carbocycles. The Balaban J connectivity index is 2.06. The highest BCUT2D eigenvalue weighted by Gasteiger charge is 2.27. The number of carbonyl (C=O) groups is 2. The van der Waals surface area contributed by atoms with Crippen molar-refractivity contribution in [3.63, 3.8) is 0 Å². The van der Waals surface area contributed by atoms with E-state index in [2.05, 4.69) is 20.8 Å². The van der Waals surface area contributed by atoms with Gasteiger partial charge < -0.3 is 4.90 Å². The maximum Gasteiger partial charge on any atom is 0.243 e. The van der Waals surface area contributed by atoms with Gasteiger partial charge in [-0.05, 0) is 23.9 Å². The predicted octanol–water partition coefficient (Wildman–Crippen LogP) is 1.82. The highest BCUT2D eigenvalue weighted by Crippen LogP contribution is 2.30. The summed E-state index contributed by atoms with van der Waals surface area (Å²) in [5.74, 6) is -1.85. The van der Waals surface area contributed by atoms with Gasteiger partial charge in [-0.1, -0.05) is 25.7 Å². The Morgan fingerprint density at radius 3 is 2.67 bits per heavy atom. The lowest BCUT2D eigenvalue weighted by molar-refractivity contribution is -0.154. The molecule has 0 unspecified atom stereocenters. The quantitative estimate of drug-likeness (QED) is 0.250. The highest BCUT2D eigenvalue weighted by atomic mass is 35.5. The smallest absolute Gasteiger partial charge is 0.243 e. The summed E-state index contributed by atoms with van der Waals surface area (Å²) in [4.78, 5) is 32.2. The van der Waals surface area contributed by atoms with Gasteiger partial charge in [-0.25, -0.2) is 5.06 Å². The Morgan fingerprint density at radius 1 is 1.41 bits per heavy atom. The molecule has 1 aliphatic carbocycles. The first kappa shape index (κ1) is 21.1. The zero-order valence-corrected chi connectivity index (χ0v) is 16.0. The second-order valence-electron chi connectivity index (χ2n) is 6.80. The van der Waals surface area contributed by atoms with Gasteiger partial charge in [0.1, 0.15) is 0 Å². The van der Waals surface area contributed by atoms with Crippen LogP contribution in [0.4, 0.5) is 16.0 Å². The summed E-state index contributed by atoms with van der Waals surface area (Å²) in [5.41, 5.74) is 4.81. The molecule has 11 heteroatoms. The number of nitrogens with one attached hydrogen (secondary N) is 2. The number of anilines is 2. The number of halogens is 2. The molecular weight excluding hydrogens is 379 g/mol. The maximum atomic E-state index is 14.4. The maximum absolute atomic E-state index is 14.4. The van der Waals surface area contributed by atoms with Crippen LogP contribution in [0.2, 0.25) is 5.28 Å². The van der Waals surface area contributed by atoms with E-state index in [4.69, 9.17) is 11.6 Å². The van der Waals surface area contributed by atoms with Crippen molar-refractivity contribution >= 4 is 35.6 Å². The third kappa shape index (κ3) is 5.90. The minimum Gasteiger partial charge on any atom is -0.360 e. The van der Waals surface area contributed by atoms with Crippen molar-refractivity contribution < 1.29 is 19.2 Å². The number of hydroxylamine groups is 2. The first-order valence-electron chi connectivity index (χ1n) is 8.68. The molecule has 9 nitrogen and oxygen atoms in total. The van der Waals surface area contributed by atoms with Crippen LogP contribution in [-0.4, -0.2) is 53.2 Å². The van der Waals surface area contributed by atoms with Crippen molar-refractivity contribution in [2.24, 2.45) is 11.8 Å². The number of aromatic nitrogens is 2. The summed E-state index contributed by atoms with van der Waals surface area (Å²) < 4.78 is 14.4. The third-order valence-corrected chi connectivity index (χ3v) is 4.70. The molecule has 150 valence electrons. The molecule has 0 bridgehead atoms. The summed E-state index contributed by atoms with van der Waals surface area (Å²) >= 11 is 5.80. The van der Waals surface area contributed by atoms with Crippen molar-refractivity contribution in [2.45, 2.75) is 32.1 Å². The van der Waals surface area contributed by atoms with Gasteiger partial charge >= 0.3 is 0 Å². The second kappa shape index (κ2) is 9.65. The van der Waals surface area contributed by atoms with E-state index in [1.165, 1.54) is 4.90 Å². The summed E-state index contributed by atoms with van der Waals surface area (Å²) in [6.45, 7) is -0.149. The molecule has 3 N–H and O–H groups in total. The molecule has 1 saturated carbocycles. The lowest BCUT2D eigenvalue weighted by Gasteiger charge is -2.22. The molecule has 1 atom stereocenters. The van der Waals surface area contributed by atoms with Crippen LogP contribution >= 0.6 is 11.6 Å². The van der Waals surface area contributed by atoms with E-state index < -0.39 is 17.6 Å². The standard InChI is InChI=1S/C16H24ClFN6O3/c1-23(2)14-12(18)13(19-16(17)20-14)21-22-15(26)11(8-24(27)9-25)7-10-5-3-4-6-10/h9-11,27H,3-8H2,1-2H3,(H,22,26)(H,19,20,21)/t11-/m1/s1. The van der Waals surface area contributed by atoms with Gasteiger partial charge in [0, 0.05) is 14.1 Å². The fourth-order valence-corrected chi connectivity index (χ4v) is 3.36. The van der Waals surface area contributed by atoms with Crippen molar-refractivity contribution in [3.05, 3.63) is 11.1 Å². The van der Waals surface area contributed by atoms with Gasteiger partial charge in [0.05, 0.1) is 12.5 Å². The molecular formula is C16H24ClFN6O3. The minimum absolute atomic E-state index is 0.0308. The average Bonchev–Trinajstić information content (AvgIpc) is 3.13. The molecule has 2 rings (SSSR count). The SMILES string of the molecule is CN(C)c1nc(Cl)nc(NNC(=O)[C@H](CC2CCCC2)CN(O)C=O)c1F. The first-order valence-corrected chi connectivity index (χ1v) is 9.06. The predicted molar refractivity (Wildman–Crippen MR) is 97.7 cm³/mol. The van der Waals surface area contributed by atoms with E-state index in [0.717, 1.165) is 25.7 Å². The third-order valence-electron chi connectivity index (χ3n) is 4.53. The van der Waals surface area contributed by atoms with Crippen molar-refractivity contribution in [3.8, 4) is 0 Å². The Bertz CT molecular complexity index is 672. The van der Waals surface area contributed by atoms with E-state index in [9.17, 15) is 19.2 Å². The van der Waals surface area contributed by atoms with E-state index in [-0.39, 0.29) is 29.9 Å². The molecule has 1 aromatic rings. The van der Waals surface area contributed by atoms with Crippen LogP contribution in [0.3, 0.4) is 0 Å². The Morgan fingerprint density at radius 2 is 2.07 bits per heavy atom. The number of rotatable bonds is 9. The normalized spacial score (nSPS) is 15.3. The van der Waals surface area contributed by atoms with Crippen molar-refractivity contribution in [1.29, 1.82) is 0 Å². The van der Waals surface area contributed by atoms with Gasteiger partial charge in [-0.3, -0.25) is 25.6 Å². The molecule has 1 fully saturated rings. The fraction of sp³-hybridized carbons (Fsp3) is 0.625. The summed E-state index contributed by atoms with van der Waals surface area (Å²) in [5, 5.41) is 9.73. The summed E-state index contributed by atoms with van der Waals surface area (Å²) in [7, 11) is 3.19. The second-order valence-corrected chi connectivity index (χ2v) is 7.14. The molecule has 1 heterocycles. The summed E-state index contributed by atoms with van der Waals surface area (Å²) in [6.07, 6.45) is 4.99. The van der Waals surface area contributed by atoms with E-state index in [1.807, 2.05) is 0 Å². The molecule has 0 saturated heterocycles. The number of carbonyl (C=O) groups excluding carboxylic acids is 2. The Labute approximate surface area is 161 Å². The molecule has 0 aliphatic heterocycles. The summed E-state index contributed by atoms with van der Waals surface area (Å²) in [6, 6.07) is 0. The van der Waals surface area contributed by atoms with Crippen LogP contribution in [-0.2, 0) is 9.59 Å². The number of nitrogens with zero attached hydrogens (tertiary/aromatic N) is 4. The minimum atomic E-state index is -0.770. The highest BCUT2D eigenvalue weighted by molar-refractivity contribution is 6.28. The number of hydrazine groups is 1. The van der Waals surface area contributed by atoms with Crippen molar-refractivity contribution in [1.82, 2.24) is 20.5 Å². The molecule has 1 aliphatic rings. The average molecular weight is 403 g/mol. The largest absolute Gasteiger partial charge is 0.360 e. The topological polar surface area (TPSA) is 111 Å². The first-order chi connectivity index (χ1) is 12.8. The van der Waals surface area contributed by atoms with Crippen LogP contribution in [0.1, 0.15) is 32.1 Å². The van der Waals surface area contributed by atoms with Gasteiger partial charge in [-0.2, -0.15) is 14.4 Å². The van der Waals surface area contributed by atoms with Crippen LogP contribution < -0.4 is 15.8 Å². The van der Waals surface area contributed by atoms with E-state index in [0.29, 0.717) is 17.4 Å². The van der Waals surface area contributed by atoms with E-state index in [1.54, 1.807) is 14.1 Å². The van der Waals surface area contributed by atoms with Gasteiger partial charge in [-0.15, -0.1) is 0 Å². The van der Waals surface area contributed by atoms with Crippen LogP contribution in [0.25, 0.3) is 0 Å². The Kier molecular flexibility index (Phi) is 7.55. The van der Waals surface area contributed by atoms with Crippen LogP contribution in [0.15, 0.2) is 0 Å². The number of amides is 2. The molecule has 1 aromatic heterocycles. The zero-order valence-electron chi connectivity index (χ0n) is 15.3.